The number of ether oxygens (including phenoxy) is 1. The van der Waals surface area contributed by atoms with E-state index >= 15 is 0 Å². The number of hydrogen-bond donors (Lipinski definition) is 3. The van der Waals surface area contributed by atoms with Gasteiger partial charge in [-0.2, -0.15) is 0 Å². The van der Waals surface area contributed by atoms with Gasteiger partial charge in [0.15, 0.2) is 5.75 Å². The fraction of sp³-hybridized carbons (Fsp3) is 0.696. The van der Waals surface area contributed by atoms with Crippen LogP contribution in [0.5, 0.6) is 5.75 Å². The third kappa shape index (κ3) is 5.96. The van der Waals surface area contributed by atoms with Crippen LogP contribution in [0.25, 0.3) is 11.0 Å². The molecule has 0 aliphatic carbocycles. The van der Waals surface area contributed by atoms with E-state index in [9.17, 15) is 5.11 Å². The molecule has 8 nitrogen and oxygen atoms in total. The molecule has 2 aromatic rings. The number of piperidine rings is 1. The largest absolute Gasteiger partial charge is 0.388 e. The van der Waals surface area contributed by atoms with Gasteiger partial charge in [0.1, 0.15) is 5.82 Å². The van der Waals surface area contributed by atoms with E-state index < -0.39 is 5.60 Å². The highest BCUT2D eigenvalue weighted by atomic mass is 16.9. The average Bonchev–Trinajstić information content (AvgIpc) is 3.03. The Hall–Kier alpha value is -1.71. The van der Waals surface area contributed by atoms with Crippen molar-refractivity contribution in [3.8, 4) is 5.75 Å². The minimum absolute atomic E-state index is 0.0843. The fourth-order valence-corrected chi connectivity index (χ4v) is 4.27. The van der Waals surface area contributed by atoms with Crippen LogP contribution in [0, 0.1) is 5.41 Å². The van der Waals surface area contributed by atoms with Crippen LogP contribution in [-0.2, 0) is 22.5 Å². The number of imidazole rings is 1. The number of aliphatic hydroxyl groups is 1. The van der Waals surface area contributed by atoms with Crippen LogP contribution in [-0.4, -0.2) is 52.7 Å². The summed E-state index contributed by atoms with van der Waals surface area (Å²) < 4.78 is 7.63. The van der Waals surface area contributed by atoms with E-state index in [1.165, 1.54) is 0 Å². The Morgan fingerprint density at radius 1 is 1.26 bits per heavy atom. The van der Waals surface area contributed by atoms with Crippen molar-refractivity contribution in [1.29, 1.82) is 0 Å². The van der Waals surface area contributed by atoms with Crippen LogP contribution in [0.2, 0.25) is 0 Å². The zero-order valence-electron chi connectivity index (χ0n) is 18.9. The molecule has 3 N–H and O–H groups in total. The summed E-state index contributed by atoms with van der Waals surface area (Å²) in [5.74, 6) is 1.64. The van der Waals surface area contributed by atoms with Crippen molar-refractivity contribution >= 4 is 11.0 Å². The van der Waals surface area contributed by atoms with Crippen LogP contribution in [0.4, 0.5) is 0 Å². The zero-order chi connectivity index (χ0) is 21.9. The molecule has 0 saturated carbocycles. The summed E-state index contributed by atoms with van der Waals surface area (Å²) >= 11 is 0. The maximum absolute atomic E-state index is 11.1. The molecule has 0 spiro atoms. The summed E-state index contributed by atoms with van der Waals surface area (Å²) in [4.78, 5) is 16.2. The quantitative estimate of drug-likeness (QED) is 0.580. The van der Waals surface area contributed by atoms with E-state index in [2.05, 4.69) is 36.3 Å². The SMILES string of the molecule is CC(C)(C)Cc1nc2cc(ONOC3CCNCC3)ccc2n1CC1(O)CCOCC1. The molecule has 0 radical (unpaired) electrons. The topological polar surface area (TPSA) is 89.8 Å². The normalized spacial score (nSPS) is 20.3. The summed E-state index contributed by atoms with van der Waals surface area (Å²) in [6.07, 6.45) is 4.18. The van der Waals surface area contributed by atoms with Gasteiger partial charge in [-0.1, -0.05) is 20.8 Å². The van der Waals surface area contributed by atoms with Crippen molar-refractivity contribution in [3.63, 3.8) is 0 Å². The Labute approximate surface area is 184 Å². The van der Waals surface area contributed by atoms with Gasteiger partial charge in [-0.05, 0) is 49.1 Å². The molecule has 2 aliphatic heterocycles. The number of aromatic nitrogens is 2. The Morgan fingerprint density at radius 2 is 2.00 bits per heavy atom. The third-order valence-corrected chi connectivity index (χ3v) is 6.02. The van der Waals surface area contributed by atoms with Gasteiger partial charge in [-0.3, -0.25) is 4.84 Å². The summed E-state index contributed by atoms with van der Waals surface area (Å²) in [6.45, 7) is 10.3. The molecule has 2 fully saturated rings. The molecule has 4 rings (SSSR count). The van der Waals surface area contributed by atoms with E-state index in [1.54, 1.807) is 0 Å². The van der Waals surface area contributed by atoms with Crippen LogP contribution in [0.15, 0.2) is 18.2 Å². The molecule has 31 heavy (non-hydrogen) atoms. The monoisotopic (exact) mass is 432 g/mol. The highest BCUT2D eigenvalue weighted by Crippen LogP contribution is 2.30. The summed E-state index contributed by atoms with van der Waals surface area (Å²) in [7, 11) is 0. The van der Waals surface area contributed by atoms with Crippen molar-refractivity contribution in [2.75, 3.05) is 26.3 Å². The van der Waals surface area contributed by atoms with Crippen LogP contribution in [0.1, 0.15) is 52.3 Å². The molecule has 0 atom stereocenters. The van der Waals surface area contributed by atoms with Gasteiger partial charge in [0, 0.05) is 38.5 Å². The molecular formula is C23H36N4O4. The minimum Gasteiger partial charge on any atom is -0.388 e. The van der Waals surface area contributed by atoms with Gasteiger partial charge in [0.25, 0.3) is 0 Å². The maximum atomic E-state index is 11.1. The number of nitrogens with zero attached hydrogens (tertiary/aromatic N) is 2. The zero-order valence-corrected chi connectivity index (χ0v) is 18.9. The van der Waals surface area contributed by atoms with Gasteiger partial charge in [0.2, 0.25) is 0 Å². The molecule has 172 valence electrons. The Kier molecular flexibility index (Phi) is 6.83. The van der Waals surface area contributed by atoms with Gasteiger partial charge in [0.05, 0.1) is 29.3 Å². The first kappa shape index (κ1) is 22.5. The molecule has 1 aromatic carbocycles. The smallest absolute Gasteiger partial charge is 0.152 e. The first-order valence-corrected chi connectivity index (χ1v) is 11.4. The molecule has 0 amide bonds. The Bertz CT molecular complexity index is 864. The Morgan fingerprint density at radius 3 is 2.71 bits per heavy atom. The van der Waals surface area contributed by atoms with E-state index in [0.29, 0.717) is 38.3 Å². The third-order valence-electron chi connectivity index (χ3n) is 6.02. The highest BCUT2D eigenvalue weighted by molar-refractivity contribution is 5.78. The van der Waals surface area contributed by atoms with E-state index in [1.807, 2.05) is 18.2 Å². The lowest BCUT2D eigenvalue weighted by Gasteiger charge is -2.33. The van der Waals surface area contributed by atoms with E-state index in [0.717, 1.165) is 49.2 Å². The van der Waals surface area contributed by atoms with Crippen molar-refractivity contribution in [2.24, 2.45) is 5.41 Å². The van der Waals surface area contributed by atoms with Gasteiger partial charge in [-0.15, -0.1) is 0 Å². The van der Waals surface area contributed by atoms with E-state index in [4.69, 9.17) is 19.4 Å². The van der Waals surface area contributed by atoms with Crippen LogP contribution in [0.3, 0.4) is 0 Å². The average molecular weight is 433 g/mol. The molecule has 8 heteroatoms. The fourth-order valence-electron chi connectivity index (χ4n) is 4.27. The van der Waals surface area contributed by atoms with Crippen molar-refractivity contribution in [1.82, 2.24) is 20.5 Å². The number of hydrogen-bond acceptors (Lipinski definition) is 7. The summed E-state index contributed by atoms with van der Waals surface area (Å²) in [5.41, 5.74) is 3.83. The predicted octanol–water partition coefficient (Wildman–Crippen LogP) is 2.73. The number of rotatable bonds is 7. The van der Waals surface area contributed by atoms with Crippen molar-refractivity contribution in [2.45, 2.75) is 71.1 Å². The summed E-state index contributed by atoms with van der Waals surface area (Å²) in [5, 5.41) is 14.4. The molecule has 0 unspecified atom stereocenters. The second-order valence-electron chi connectivity index (χ2n) is 10.1. The molecular weight excluding hydrogens is 396 g/mol. The lowest BCUT2D eigenvalue weighted by atomic mass is 9.91. The highest BCUT2D eigenvalue weighted by Gasteiger charge is 2.32. The number of fused-ring (bicyclic) bond motifs is 1. The minimum atomic E-state index is -0.766. The molecule has 0 bridgehead atoms. The first-order valence-electron chi connectivity index (χ1n) is 11.4. The van der Waals surface area contributed by atoms with Gasteiger partial charge < -0.3 is 24.6 Å². The second-order valence-corrected chi connectivity index (χ2v) is 10.1. The molecule has 3 heterocycles. The maximum Gasteiger partial charge on any atom is 0.152 e. The van der Waals surface area contributed by atoms with Crippen LogP contribution >= 0.6 is 0 Å². The van der Waals surface area contributed by atoms with Gasteiger partial charge in [-0.25, -0.2) is 4.98 Å². The standard InChI is InChI=1S/C23H36N4O4/c1-22(2,3)15-21-25-19-14-18(31-26-30-17-6-10-24-11-7-17)4-5-20(19)27(21)16-23(28)8-12-29-13-9-23/h4-5,14,17,24,26,28H,6-13,15-16H2,1-3H3. The molecule has 2 aliphatic rings. The van der Waals surface area contributed by atoms with Crippen molar-refractivity contribution < 1.29 is 19.5 Å². The lowest BCUT2D eigenvalue weighted by Crippen LogP contribution is -2.40. The molecule has 1 aromatic heterocycles. The predicted molar refractivity (Wildman–Crippen MR) is 119 cm³/mol. The first-order chi connectivity index (χ1) is 14.8. The lowest BCUT2D eigenvalue weighted by molar-refractivity contribution is -0.151. The number of nitrogens with one attached hydrogen (secondary N) is 2. The van der Waals surface area contributed by atoms with Gasteiger partial charge >= 0.3 is 0 Å². The Balaban J connectivity index is 1.52. The number of benzene rings is 1. The van der Waals surface area contributed by atoms with Crippen LogP contribution < -0.4 is 15.8 Å². The molecule has 2 saturated heterocycles. The summed E-state index contributed by atoms with van der Waals surface area (Å²) in [6, 6.07) is 5.84. The second kappa shape index (κ2) is 9.42. The van der Waals surface area contributed by atoms with Crippen molar-refractivity contribution in [3.05, 3.63) is 24.0 Å². The van der Waals surface area contributed by atoms with E-state index in [-0.39, 0.29) is 11.5 Å².